The van der Waals surface area contributed by atoms with Gasteiger partial charge >= 0.3 is 0 Å². The van der Waals surface area contributed by atoms with Crippen LogP contribution in [0.5, 0.6) is 0 Å². The van der Waals surface area contributed by atoms with E-state index in [4.69, 9.17) is 9.73 Å². The van der Waals surface area contributed by atoms with Crippen LogP contribution in [-0.2, 0) is 4.74 Å². The van der Waals surface area contributed by atoms with E-state index < -0.39 is 0 Å². The number of aliphatic hydroxyl groups is 1. The van der Waals surface area contributed by atoms with Crippen molar-refractivity contribution in [1.82, 2.24) is 15.5 Å². The smallest absolute Gasteiger partial charge is 0.191 e. The Bertz CT molecular complexity index is 370. The number of ether oxygens (including phenoxy) is 1. The van der Waals surface area contributed by atoms with Crippen LogP contribution in [0.4, 0.5) is 0 Å². The second kappa shape index (κ2) is 13.1. The number of likely N-dealkylation sites (tertiary alicyclic amines) is 1. The third-order valence-electron chi connectivity index (χ3n) is 5.14. The summed E-state index contributed by atoms with van der Waals surface area (Å²) >= 11 is 0. The number of aliphatic hydroxyl groups excluding tert-OH is 1. The number of rotatable bonds is 10. The number of guanidine groups is 1. The fourth-order valence-corrected chi connectivity index (χ4v) is 3.55. The molecule has 0 radical (unpaired) electrons. The molecule has 0 spiro atoms. The molecule has 0 aromatic rings. The topological polar surface area (TPSA) is 69.1 Å². The molecule has 0 bridgehead atoms. The highest BCUT2D eigenvalue weighted by molar-refractivity contribution is 14.0. The Morgan fingerprint density at radius 3 is 2.68 bits per heavy atom. The van der Waals surface area contributed by atoms with Crippen LogP contribution in [0.15, 0.2) is 4.99 Å². The number of hydrogen-bond donors (Lipinski definition) is 3. The molecule has 25 heavy (non-hydrogen) atoms. The van der Waals surface area contributed by atoms with Crippen molar-refractivity contribution in [2.75, 3.05) is 59.1 Å². The summed E-state index contributed by atoms with van der Waals surface area (Å²) in [6.07, 6.45) is 6.92. The maximum Gasteiger partial charge on any atom is 0.191 e. The summed E-state index contributed by atoms with van der Waals surface area (Å²) in [5.74, 6) is 0.892. The first kappa shape index (κ1) is 22.9. The second-order valence-electron chi connectivity index (χ2n) is 7.15. The van der Waals surface area contributed by atoms with E-state index in [0.717, 1.165) is 45.0 Å². The van der Waals surface area contributed by atoms with Crippen LogP contribution < -0.4 is 10.6 Å². The van der Waals surface area contributed by atoms with E-state index in [-0.39, 0.29) is 36.0 Å². The van der Waals surface area contributed by atoms with Crippen molar-refractivity contribution in [3.05, 3.63) is 0 Å². The van der Waals surface area contributed by atoms with Gasteiger partial charge in [-0.1, -0.05) is 0 Å². The van der Waals surface area contributed by atoms with Gasteiger partial charge in [-0.25, -0.2) is 0 Å². The monoisotopic (exact) mass is 468 g/mol. The first-order valence-corrected chi connectivity index (χ1v) is 9.71. The van der Waals surface area contributed by atoms with E-state index in [1.165, 1.54) is 45.3 Å². The molecular formula is C18H37IN4O2. The minimum absolute atomic E-state index is 0. The van der Waals surface area contributed by atoms with Crippen molar-refractivity contribution in [3.63, 3.8) is 0 Å². The van der Waals surface area contributed by atoms with Crippen LogP contribution in [0.3, 0.4) is 0 Å². The van der Waals surface area contributed by atoms with Gasteiger partial charge in [0.15, 0.2) is 5.96 Å². The van der Waals surface area contributed by atoms with E-state index in [1.807, 2.05) is 0 Å². The first-order chi connectivity index (χ1) is 11.8. The Labute approximate surface area is 170 Å². The molecule has 1 unspecified atom stereocenters. The number of aliphatic imine (C=N–C) groups is 1. The summed E-state index contributed by atoms with van der Waals surface area (Å²) in [4.78, 5) is 7.32. The Morgan fingerprint density at radius 2 is 2.04 bits per heavy atom. The van der Waals surface area contributed by atoms with E-state index in [2.05, 4.69) is 22.5 Å². The molecule has 2 aliphatic heterocycles. The van der Waals surface area contributed by atoms with Gasteiger partial charge in [0.05, 0.1) is 13.2 Å². The van der Waals surface area contributed by atoms with Crippen LogP contribution >= 0.6 is 24.0 Å². The largest absolute Gasteiger partial charge is 0.396 e. The van der Waals surface area contributed by atoms with E-state index in [1.54, 1.807) is 0 Å². The first-order valence-electron chi connectivity index (χ1n) is 9.71. The van der Waals surface area contributed by atoms with Gasteiger partial charge in [-0.3, -0.25) is 4.99 Å². The Kier molecular flexibility index (Phi) is 12.0. The maximum absolute atomic E-state index is 9.31. The Morgan fingerprint density at radius 1 is 1.24 bits per heavy atom. The standard InChI is InChI=1S/C18H36N4O2.HI/c1-2-19-17(20-9-3-4-10-22-11-5-6-12-22)21-15-18(7-13-23)8-14-24-16-18;/h23H,2-16H2,1H3,(H2,19,20,21);1H. The SMILES string of the molecule is CCNC(=NCC1(CCO)CCOC1)NCCCCN1CCCC1.I. The number of nitrogens with one attached hydrogen (secondary N) is 2. The quantitative estimate of drug-likeness (QED) is 0.198. The van der Waals surface area contributed by atoms with Gasteiger partial charge in [0.2, 0.25) is 0 Å². The second-order valence-corrected chi connectivity index (χ2v) is 7.15. The molecule has 3 N–H and O–H groups in total. The number of unbranched alkanes of at least 4 members (excludes halogenated alkanes) is 1. The van der Waals surface area contributed by atoms with E-state index >= 15 is 0 Å². The van der Waals surface area contributed by atoms with Crippen molar-refractivity contribution >= 4 is 29.9 Å². The molecular weight excluding hydrogens is 431 g/mol. The van der Waals surface area contributed by atoms with Crippen molar-refractivity contribution < 1.29 is 9.84 Å². The molecule has 1 atom stereocenters. The van der Waals surface area contributed by atoms with Gasteiger partial charge in [0, 0.05) is 31.7 Å². The minimum Gasteiger partial charge on any atom is -0.396 e. The van der Waals surface area contributed by atoms with Gasteiger partial charge in [-0.15, -0.1) is 24.0 Å². The van der Waals surface area contributed by atoms with Crippen molar-refractivity contribution in [2.24, 2.45) is 10.4 Å². The van der Waals surface area contributed by atoms with Crippen LogP contribution in [0.1, 0.15) is 45.4 Å². The summed E-state index contributed by atoms with van der Waals surface area (Å²) in [5.41, 5.74) is 0.0207. The summed E-state index contributed by atoms with van der Waals surface area (Å²) in [6, 6.07) is 0. The molecule has 2 rings (SSSR count). The van der Waals surface area contributed by atoms with E-state index in [0.29, 0.717) is 6.61 Å². The molecule has 2 heterocycles. The lowest BCUT2D eigenvalue weighted by molar-refractivity contribution is 0.131. The molecule has 0 aromatic carbocycles. The van der Waals surface area contributed by atoms with Crippen molar-refractivity contribution in [1.29, 1.82) is 0 Å². The molecule has 2 saturated heterocycles. The molecule has 2 fully saturated rings. The highest BCUT2D eigenvalue weighted by Crippen LogP contribution is 2.32. The fraction of sp³-hybridized carbons (Fsp3) is 0.944. The highest BCUT2D eigenvalue weighted by Gasteiger charge is 2.34. The van der Waals surface area contributed by atoms with Crippen molar-refractivity contribution in [3.8, 4) is 0 Å². The van der Waals surface area contributed by atoms with Gasteiger partial charge < -0.3 is 25.4 Å². The lowest BCUT2D eigenvalue weighted by atomic mass is 9.84. The third kappa shape index (κ3) is 8.41. The predicted octanol–water partition coefficient (Wildman–Crippen LogP) is 1.82. The average Bonchev–Trinajstić information content (AvgIpc) is 3.25. The summed E-state index contributed by atoms with van der Waals surface area (Å²) < 4.78 is 5.54. The predicted molar refractivity (Wildman–Crippen MR) is 114 cm³/mol. The van der Waals surface area contributed by atoms with Gasteiger partial charge in [0.25, 0.3) is 0 Å². The average molecular weight is 468 g/mol. The molecule has 2 aliphatic rings. The maximum atomic E-state index is 9.31. The zero-order valence-electron chi connectivity index (χ0n) is 15.8. The zero-order valence-corrected chi connectivity index (χ0v) is 18.1. The number of nitrogens with zero attached hydrogens (tertiary/aromatic N) is 2. The van der Waals surface area contributed by atoms with Crippen molar-refractivity contribution in [2.45, 2.75) is 45.4 Å². The molecule has 0 amide bonds. The molecule has 7 heteroatoms. The Balaban J connectivity index is 0.00000312. The molecule has 6 nitrogen and oxygen atoms in total. The third-order valence-corrected chi connectivity index (χ3v) is 5.14. The van der Waals surface area contributed by atoms with Crippen LogP contribution in [0.25, 0.3) is 0 Å². The van der Waals surface area contributed by atoms with Gasteiger partial charge in [-0.05, 0) is 65.1 Å². The van der Waals surface area contributed by atoms with Crippen LogP contribution in [0, 0.1) is 5.41 Å². The molecule has 148 valence electrons. The van der Waals surface area contributed by atoms with Crippen LogP contribution in [0.2, 0.25) is 0 Å². The fourth-order valence-electron chi connectivity index (χ4n) is 3.55. The lowest BCUT2D eigenvalue weighted by Gasteiger charge is -2.24. The number of hydrogen-bond acceptors (Lipinski definition) is 4. The Hall–Kier alpha value is -0.120. The van der Waals surface area contributed by atoms with E-state index in [9.17, 15) is 5.11 Å². The summed E-state index contributed by atoms with van der Waals surface area (Å²) in [7, 11) is 0. The van der Waals surface area contributed by atoms with Crippen LogP contribution in [-0.4, -0.2) is 75.1 Å². The lowest BCUT2D eigenvalue weighted by Crippen LogP contribution is -2.39. The summed E-state index contributed by atoms with van der Waals surface area (Å²) in [6.45, 7) is 10.1. The molecule has 0 saturated carbocycles. The number of halogens is 1. The minimum atomic E-state index is 0. The molecule has 0 aromatic heterocycles. The zero-order chi connectivity index (χ0) is 17.1. The van der Waals surface area contributed by atoms with Gasteiger partial charge in [-0.2, -0.15) is 0 Å². The highest BCUT2D eigenvalue weighted by atomic mass is 127. The van der Waals surface area contributed by atoms with Gasteiger partial charge in [0.1, 0.15) is 0 Å². The molecule has 0 aliphatic carbocycles. The summed E-state index contributed by atoms with van der Waals surface area (Å²) in [5, 5.41) is 16.1. The normalized spacial score (nSPS) is 24.3.